The molecule has 110 valence electrons. The van der Waals surface area contributed by atoms with Crippen LogP contribution in [-0.2, 0) is 10.0 Å². The smallest absolute Gasteiger partial charge is 0.240 e. The number of nitrogens with zero attached hydrogens (tertiary/aromatic N) is 1. The first-order chi connectivity index (χ1) is 10.0. The molecule has 2 unspecified atom stereocenters. The van der Waals surface area contributed by atoms with Crippen LogP contribution in [0.5, 0.6) is 0 Å². The highest BCUT2D eigenvalue weighted by Gasteiger charge is 2.34. The molecular formula is C15H17N3O2S. The third kappa shape index (κ3) is 2.83. The second-order valence-electron chi connectivity index (χ2n) is 5.22. The molecule has 0 aliphatic heterocycles. The second kappa shape index (κ2) is 5.22. The molecule has 5 nitrogen and oxygen atoms in total. The van der Waals surface area contributed by atoms with E-state index in [4.69, 9.17) is 5.73 Å². The van der Waals surface area contributed by atoms with E-state index in [0.717, 1.165) is 23.2 Å². The first-order valence-corrected chi connectivity index (χ1v) is 8.25. The Labute approximate surface area is 124 Å². The fourth-order valence-corrected chi connectivity index (χ4v) is 3.11. The van der Waals surface area contributed by atoms with Crippen LogP contribution in [-0.4, -0.2) is 26.5 Å². The summed E-state index contributed by atoms with van der Waals surface area (Å²) in [6, 6.07) is 10.9. The average Bonchev–Trinajstić information content (AvgIpc) is 3.24. The number of benzene rings is 1. The zero-order chi connectivity index (χ0) is 15.0. The number of aromatic nitrogens is 1. The Kier molecular flexibility index (Phi) is 3.52. The summed E-state index contributed by atoms with van der Waals surface area (Å²) in [5.41, 5.74) is 8.50. The maximum atomic E-state index is 11.8. The molecule has 2 atom stereocenters. The molecule has 0 saturated heterocycles. The van der Waals surface area contributed by atoms with Crippen LogP contribution in [0.3, 0.4) is 0 Å². The Balaban J connectivity index is 1.92. The zero-order valence-corrected chi connectivity index (χ0v) is 12.5. The van der Waals surface area contributed by atoms with Crippen LogP contribution >= 0.6 is 0 Å². The van der Waals surface area contributed by atoms with Crippen LogP contribution in [0.15, 0.2) is 47.5 Å². The minimum Gasteiger partial charge on any atom is -0.327 e. The lowest BCUT2D eigenvalue weighted by atomic mass is 10.1. The van der Waals surface area contributed by atoms with E-state index in [1.807, 2.05) is 24.4 Å². The van der Waals surface area contributed by atoms with Crippen molar-refractivity contribution in [2.45, 2.75) is 23.3 Å². The lowest BCUT2D eigenvalue weighted by Crippen LogP contribution is -2.18. The first-order valence-electron chi connectivity index (χ1n) is 6.77. The lowest BCUT2D eigenvalue weighted by Gasteiger charge is -2.06. The highest BCUT2D eigenvalue weighted by atomic mass is 32.2. The van der Waals surface area contributed by atoms with Gasteiger partial charge in [0.15, 0.2) is 0 Å². The van der Waals surface area contributed by atoms with Crippen LogP contribution in [0.4, 0.5) is 0 Å². The molecule has 3 rings (SSSR count). The topological polar surface area (TPSA) is 85.1 Å². The van der Waals surface area contributed by atoms with Crippen molar-refractivity contribution in [1.29, 1.82) is 0 Å². The summed E-state index contributed by atoms with van der Waals surface area (Å²) < 4.78 is 26.0. The number of hydrogen-bond donors (Lipinski definition) is 2. The van der Waals surface area contributed by atoms with E-state index < -0.39 is 10.0 Å². The SMILES string of the molecule is CNS(=O)(=O)c1cccc(-c2ccc(C3CC3N)cn2)c1. The summed E-state index contributed by atoms with van der Waals surface area (Å²) >= 11 is 0. The molecule has 0 amide bonds. The van der Waals surface area contributed by atoms with Gasteiger partial charge in [-0.2, -0.15) is 0 Å². The van der Waals surface area contributed by atoms with Crippen LogP contribution in [0.25, 0.3) is 11.3 Å². The zero-order valence-electron chi connectivity index (χ0n) is 11.7. The van der Waals surface area contributed by atoms with E-state index in [1.54, 1.807) is 18.2 Å². The Hall–Kier alpha value is -1.76. The monoisotopic (exact) mass is 303 g/mol. The molecule has 0 bridgehead atoms. The van der Waals surface area contributed by atoms with Crippen molar-refractivity contribution in [1.82, 2.24) is 9.71 Å². The fourth-order valence-electron chi connectivity index (χ4n) is 2.33. The Bertz CT molecular complexity index is 757. The molecule has 1 saturated carbocycles. The lowest BCUT2D eigenvalue weighted by molar-refractivity contribution is 0.588. The van der Waals surface area contributed by atoms with Crippen molar-refractivity contribution in [3.8, 4) is 11.3 Å². The predicted molar refractivity (Wildman–Crippen MR) is 81.3 cm³/mol. The molecule has 3 N–H and O–H groups in total. The van der Waals surface area contributed by atoms with Crippen LogP contribution in [0.2, 0.25) is 0 Å². The van der Waals surface area contributed by atoms with Gasteiger partial charge in [0.25, 0.3) is 0 Å². The summed E-state index contributed by atoms with van der Waals surface area (Å²) in [5.74, 6) is 0.419. The summed E-state index contributed by atoms with van der Waals surface area (Å²) in [4.78, 5) is 4.66. The molecule has 1 aliphatic rings. The van der Waals surface area contributed by atoms with Crippen molar-refractivity contribution >= 4 is 10.0 Å². The molecule has 2 aromatic rings. The Morgan fingerprint density at radius 3 is 2.62 bits per heavy atom. The molecule has 1 aromatic carbocycles. The van der Waals surface area contributed by atoms with E-state index in [9.17, 15) is 8.42 Å². The third-order valence-electron chi connectivity index (χ3n) is 3.76. The highest BCUT2D eigenvalue weighted by molar-refractivity contribution is 7.89. The predicted octanol–water partition coefficient (Wildman–Crippen LogP) is 1.47. The van der Waals surface area contributed by atoms with Crippen molar-refractivity contribution < 1.29 is 8.42 Å². The highest BCUT2D eigenvalue weighted by Crippen LogP contribution is 2.38. The van der Waals surface area contributed by atoms with Crippen LogP contribution < -0.4 is 10.5 Å². The standard InChI is InChI=1S/C15H17N3O2S/c1-17-21(19,20)12-4-2-3-10(7-12)15-6-5-11(9-18-15)13-8-14(13)16/h2-7,9,13-14,17H,8,16H2,1H3. The number of nitrogens with two attached hydrogens (primary N) is 1. The van der Waals surface area contributed by atoms with E-state index >= 15 is 0 Å². The van der Waals surface area contributed by atoms with Gasteiger partial charge < -0.3 is 5.73 Å². The van der Waals surface area contributed by atoms with Gasteiger partial charge in [-0.05, 0) is 37.2 Å². The minimum absolute atomic E-state index is 0.234. The van der Waals surface area contributed by atoms with Gasteiger partial charge in [-0.1, -0.05) is 18.2 Å². The summed E-state index contributed by atoms with van der Waals surface area (Å²) in [6.07, 6.45) is 2.84. The van der Waals surface area contributed by atoms with Crippen LogP contribution in [0, 0.1) is 0 Å². The number of pyridine rings is 1. The molecule has 21 heavy (non-hydrogen) atoms. The van der Waals surface area contributed by atoms with Crippen molar-refractivity contribution in [2.24, 2.45) is 5.73 Å². The maximum Gasteiger partial charge on any atom is 0.240 e. The summed E-state index contributed by atoms with van der Waals surface area (Å²) in [6.45, 7) is 0. The largest absolute Gasteiger partial charge is 0.327 e. The molecule has 1 fully saturated rings. The summed E-state index contributed by atoms with van der Waals surface area (Å²) in [5, 5.41) is 0. The first kappa shape index (κ1) is 14.2. The van der Waals surface area contributed by atoms with Crippen molar-refractivity contribution in [3.05, 3.63) is 48.2 Å². The van der Waals surface area contributed by atoms with Gasteiger partial charge >= 0.3 is 0 Å². The molecular weight excluding hydrogens is 286 g/mol. The number of nitrogens with one attached hydrogen (secondary N) is 1. The van der Waals surface area contributed by atoms with E-state index in [-0.39, 0.29) is 10.9 Å². The van der Waals surface area contributed by atoms with E-state index in [2.05, 4.69) is 9.71 Å². The van der Waals surface area contributed by atoms with Crippen molar-refractivity contribution in [3.63, 3.8) is 0 Å². The van der Waals surface area contributed by atoms with Crippen LogP contribution in [0.1, 0.15) is 17.9 Å². The minimum atomic E-state index is -3.44. The fraction of sp³-hybridized carbons (Fsp3) is 0.267. The Morgan fingerprint density at radius 1 is 1.29 bits per heavy atom. The van der Waals surface area contributed by atoms with Gasteiger partial charge in [-0.25, -0.2) is 13.1 Å². The second-order valence-corrected chi connectivity index (χ2v) is 7.10. The van der Waals surface area contributed by atoms with E-state index in [0.29, 0.717) is 5.92 Å². The molecule has 1 aromatic heterocycles. The molecule has 1 aliphatic carbocycles. The van der Waals surface area contributed by atoms with E-state index in [1.165, 1.54) is 7.05 Å². The van der Waals surface area contributed by atoms with Gasteiger partial charge in [0.05, 0.1) is 10.6 Å². The van der Waals surface area contributed by atoms with Gasteiger partial charge in [0.1, 0.15) is 0 Å². The van der Waals surface area contributed by atoms with Gasteiger partial charge in [0.2, 0.25) is 10.0 Å². The van der Waals surface area contributed by atoms with Gasteiger partial charge in [0, 0.05) is 23.7 Å². The Morgan fingerprint density at radius 2 is 2.05 bits per heavy atom. The number of sulfonamides is 1. The maximum absolute atomic E-state index is 11.8. The van der Waals surface area contributed by atoms with Gasteiger partial charge in [-0.3, -0.25) is 4.98 Å². The molecule has 0 spiro atoms. The molecule has 0 radical (unpaired) electrons. The number of rotatable bonds is 4. The average molecular weight is 303 g/mol. The number of hydrogen-bond acceptors (Lipinski definition) is 4. The van der Waals surface area contributed by atoms with Crippen molar-refractivity contribution in [2.75, 3.05) is 7.05 Å². The summed E-state index contributed by atoms with van der Waals surface area (Å²) in [7, 11) is -2.05. The third-order valence-corrected chi connectivity index (χ3v) is 5.18. The molecule has 6 heteroatoms. The van der Waals surface area contributed by atoms with Gasteiger partial charge in [-0.15, -0.1) is 0 Å². The quantitative estimate of drug-likeness (QED) is 0.895. The normalized spacial score (nSPS) is 21.2. The molecule has 1 heterocycles.